The molecule has 5 atom stereocenters. The van der Waals surface area contributed by atoms with Gasteiger partial charge < -0.3 is 0 Å². The number of carbonyl (C=O) groups excluding carboxylic acids is 2. The van der Waals surface area contributed by atoms with E-state index in [1.54, 1.807) is 36.5 Å². The molecular weight excluding hydrogens is 678 g/mol. The second-order valence-electron chi connectivity index (χ2n) is 12.5. The number of nitrogens with one attached hydrogen (secondary N) is 3. The Morgan fingerprint density at radius 2 is 1.98 bits per heavy atom. The molecule has 8 nitrogen and oxygen atoms in total. The first-order valence-electron chi connectivity index (χ1n) is 15.3. The van der Waals surface area contributed by atoms with Gasteiger partial charge in [-0.15, -0.1) is 0 Å². The summed E-state index contributed by atoms with van der Waals surface area (Å²) in [5.41, 5.74) is 0.579. The van der Waals surface area contributed by atoms with Crippen LogP contribution in [0.15, 0.2) is 57.2 Å². The zero-order chi connectivity index (χ0) is 31.1. The van der Waals surface area contributed by atoms with Gasteiger partial charge in [0.1, 0.15) is 0 Å². The van der Waals surface area contributed by atoms with Crippen LogP contribution in [0.2, 0.25) is 12.8 Å². The van der Waals surface area contributed by atoms with Crippen molar-refractivity contribution in [3.8, 4) is 0 Å². The number of halogens is 3. The van der Waals surface area contributed by atoms with Crippen LogP contribution in [0, 0.1) is 12.8 Å². The number of benzene rings is 2. The molecule has 4 aliphatic rings. The van der Waals surface area contributed by atoms with E-state index in [9.17, 15) is 22.8 Å². The van der Waals surface area contributed by atoms with Crippen LogP contribution >= 0.6 is 0 Å². The molecule has 0 spiro atoms. The molecule has 234 valence electrons. The summed E-state index contributed by atoms with van der Waals surface area (Å²) in [6.45, 7) is 2.68. The van der Waals surface area contributed by atoms with E-state index < -0.39 is 42.2 Å². The second-order valence-corrected chi connectivity index (χ2v) is 25.4. The van der Waals surface area contributed by atoms with Gasteiger partial charge in [0.25, 0.3) is 0 Å². The zero-order valence-electron chi connectivity index (χ0n) is 24.9. The van der Waals surface area contributed by atoms with Gasteiger partial charge in [-0.3, -0.25) is 0 Å². The van der Waals surface area contributed by atoms with Crippen LogP contribution in [-0.2, 0) is 10.9 Å². The summed E-state index contributed by atoms with van der Waals surface area (Å²) in [6, 6.07) is 8.87. The summed E-state index contributed by atoms with van der Waals surface area (Å²) in [5, 5.41) is 9.11. The van der Waals surface area contributed by atoms with E-state index in [1.165, 1.54) is 44.0 Å². The van der Waals surface area contributed by atoms with Gasteiger partial charge in [0.15, 0.2) is 0 Å². The average Bonchev–Trinajstić information content (AvgIpc) is 3.65. The zero-order valence-corrected chi connectivity index (χ0v) is 27.8. The fourth-order valence-electron chi connectivity index (χ4n) is 7.16. The number of aliphatic imine (C=N–C) groups is 1. The molecule has 0 bridgehead atoms. The summed E-state index contributed by atoms with van der Waals surface area (Å²) in [5.74, 6) is 0.172. The van der Waals surface area contributed by atoms with Crippen LogP contribution in [0.3, 0.4) is 0 Å². The van der Waals surface area contributed by atoms with Crippen molar-refractivity contribution in [1.29, 1.82) is 0 Å². The van der Waals surface area contributed by atoms with Gasteiger partial charge in [-0.05, 0) is 18.2 Å². The fraction of sp³-hybridized carbons (Fsp3) is 0.469. The number of fused-ring (bicyclic) bond motifs is 1. The van der Waals surface area contributed by atoms with E-state index in [1.807, 2.05) is 6.92 Å². The van der Waals surface area contributed by atoms with Crippen molar-refractivity contribution in [3.63, 3.8) is 0 Å². The Balaban J connectivity index is 1.15. The third-order valence-electron chi connectivity index (χ3n) is 9.65. The summed E-state index contributed by atoms with van der Waals surface area (Å²) in [4.78, 5) is 32.4. The Hall–Kier alpha value is -3.06. The minimum absolute atomic E-state index is 0.116. The number of rotatable bonds is 7. The molecule has 12 heteroatoms. The van der Waals surface area contributed by atoms with Crippen molar-refractivity contribution in [2.24, 2.45) is 10.9 Å². The van der Waals surface area contributed by atoms with Crippen LogP contribution in [0.4, 0.5) is 29.3 Å². The molecule has 2 aromatic rings. The number of carbonyl (C=O) groups is 2. The van der Waals surface area contributed by atoms with E-state index in [2.05, 4.69) is 27.0 Å². The standard InChI is InChI=1S/C21H19F3N5O2.C6H10.C5H9O.Sn/c1-13-6-7-16(27-19(30)14-4-3-5-15(10-14)21(22,23)24)11-17(13)28-20(31)29(2)18-8-9-25-12-26-18;1-2-3-6-4-5-6;1-5-3-2-4-6-5;/h3-8,10-12,18H,1-2H3,(H,25,26)(H,27,30)(H,28,31);4,6H,1-3,5H2;5H,1-4H2;. The summed E-state index contributed by atoms with van der Waals surface area (Å²) >= 11 is -2.84. The van der Waals surface area contributed by atoms with Gasteiger partial charge >= 0.3 is 217 Å². The van der Waals surface area contributed by atoms with Crippen molar-refractivity contribution in [2.45, 2.75) is 70.3 Å². The molecule has 3 aliphatic heterocycles. The van der Waals surface area contributed by atoms with Crippen LogP contribution in [0.5, 0.6) is 0 Å². The van der Waals surface area contributed by atoms with Gasteiger partial charge in [-0.25, -0.2) is 0 Å². The number of alkyl halides is 3. The Labute approximate surface area is 259 Å². The Morgan fingerprint density at radius 1 is 1.14 bits per heavy atom. The first-order valence-corrected chi connectivity index (χ1v) is 22.4. The first-order chi connectivity index (χ1) is 21.0. The fourth-order valence-corrected chi connectivity index (χ4v) is 25.4. The number of nitrogens with zero attached hydrogens (tertiary/aromatic N) is 2. The molecule has 3 heterocycles. The predicted molar refractivity (Wildman–Crippen MR) is 166 cm³/mol. The van der Waals surface area contributed by atoms with E-state index in [4.69, 9.17) is 4.74 Å². The van der Waals surface area contributed by atoms with Crippen molar-refractivity contribution in [1.82, 2.24) is 10.2 Å². The third-order valence-corrected chi connectivity index (χ3v) is 26.6. The number of hydrogen-bond donors (Lipinski definition) is 3. The van der Waals surface area contributed by atoms with Crippen molar-refractivity contribution >= 4 is 48.0 Å². The van der Waals surface area contributed by atoms with Gasteiger partial charge in [0, 0.05) is 0 Å². The predicted octanol–water partition coefficient (Wildman–Crippen LogP) is 6.92. The summed E-state index contributed by atoms with van der Waals surface area (Å²) in [7, 11) is 1.72. The van der Waals surface area contributed by atoms with Crippen LogP contribution in [0.1, 0.15) is 53.6 Å². The number of urea groups is 1. The van der Waals surface area contributed by atoms with Crippen LogP contribution in [-0.4, -0.2) is 67.5 Å². The molecule has 44 heavy (non-hydrogen) atoms. The normalized spacial score (nSPS) is 27.5. The molecule has 6 rings (SSSR count). The van der Waals surface area contributed by atoms with Crippen molar-refractivity contribution < 1.29 is 27.5 Å². The third kappa shape index (κ3) is 6.49. The van der Waals surface area contributed by atoms with Gasteiger partial charge in [-0.2, -0.15) is 13.2 Å². The average molecular weight is 716 g/mol. The topological polar surface area (TPSA) is 95.1 Å². The second kappa shape index (κ2) is 12.4. The SMILES string of the molecule is Cc1ccc(NC(=O)c2cccc(C(F)(F)F)c2)cc1NC(=O)N(C)C1C=[C]([Sn]2([CH2]C3CCCO3)[CH2]CCC3C[C@@H]32)NC=N1. The molecule has 0 aromatic heterocycles. The Morgan fingerprint density at radius 3 is 2.75 bits per heavy atom. The number of ether oxygens (including phenoxy) is 1. The maximum atomic E-state index is 13.5. The molecule has 3 amide bonds. The molecule has 2 aromatic carbocycles. The minimum atomic E-state index is -4.55. The summed E-state index contributed by atoms with van der Waals surface area (Å²) in [6.07, 6.45) is 5.49. The summed E-state index contributed by atoms with van der Waals surface area (Å²) < 4.78 is 50.2. The number of hydrogen-bond acceptors (Lipinski definition) is 5. The van der Waals surface area contributed by atoms with Crippen LogP contribution < -0.4 is 16.0 Å². The molecular formula is C32H38F3N5O3Sn. The Bertz CT molecular complexity index is 1490. The van der Waals surface area contributed by atoms with Crippen LogP contribution in [0.25, 0.3) is 0 Å². The quantitative estimate of drug-likeness (QED) is 0.272. The number of aryl methyl sites for hydroxylation is 1. The van der Waals surface area contributed by atoms with Crippen molar-refractivity contribution in [2.75, 3.05) is 24.3 Å². The Kier molecular flexibility index (Phi) is 8.71. The number of likely N-dealkylation sites (N-methyl/N-ethyl adjacent to an activating group) is 1. The molecule has 4 unspecified atom stereocenters. The molecule has 1 aliphatic carbocycles. The molecule has 1 saturated carbocycles. The van der Waals surface area contributed by atoms with E-state index in [0.717, 1.165) is 47.0 Å². The molecule has 3 fully saturated rings. The number of anilines is 2. The molecule has 2 saturated heterocycles. The monoisotopic (exact) mass is 717 g/mol. The van der Waals surface area contributed by atoms with E-state index in [-0.39, 0.29) is 11.6 Å². The van der Waals surface area contributed by atoms with Gasteiger partial charge in [0.05, 0.1) is 5.56 Å². The van der Waals surface area contributed by atoms with E-state index in [0.29, 0.717) is 17.5 Å². The van der Waals surface area contributed by atoms with E-state index >= 15 is 0 Å². The maximum absolute atomic E-state index is 13.5. The molecule has 0 radical (unpaired) electrons. The van der Waals surface area contributed by atoms with Gasteiger partial charge in [0.2, 0.25) is 0 Å². The number of amides is 3. The van der Waals surface area contributed by atoms with Crippen molar-refractivity contribution in [3.05, 3.63) is 68.9 Å². The first kappa shape index (κ1) is 30.9. The molecule has 3 N–H and O–H groups in total. The van der Waals surface area contributed by atoms with Gasteiger partial charge in [-0.1, -0.05) is 6.07 Å².